The summed E-state index contributed by atoms with van der Waals surface area (Å²) >= 11 is 2.89. The normalized spacial score (nSPS) is 15.3. The number of carbonyl (C=O) groups excluding carboxylic acids is 1. The molecule has 0 saturated carbocycles. The minimum atomic E-state index is 0.0822. The third-order valence-electron chi connectivity index (χ3n) is 1.75. The molecule has 0 bridgehead atoms. The van der Waals surface area contributed by atoms with Crippen molar-refractivity contribution in [2.75, 3.05) is 12.3 Å². The van der Waals surface area contributed by atoms with Crippen molar-refractivity contribution in [2.45, 2.75) is 0 Å². The van der Waals surface area contributed by atoms with Gasteiger partial charge in [-0.2, -0.15) is 0 Å². The van der Waals surface area contributed by atoms with Crippen LogP contribution in [0.4, 0.5) is 0 Å². The van der Waals surface area contributed by atoms with Crippen LogP contribution in [0.1, 0.15) is 10.4 Å². The third kappa shape index (κ3) is 2.39. The van der Waals surface area contributed by atoms with Gasteiger partial charge in [0.15, 0.2) is 0 Å². The lowest BCUT2D eigenvalue weighted by atomic mass is 10.2. The minimum absolute atomic E-state index is 0.0822. The van der Waals surface area contributed by atoms with Crippen molar-refractivity contribution in [1.29, 1.82) is 0 Å². The molecular weight excluding hydrogens is 214 g/mol. The predicted octanol–water partition coefficient (Wildman–Crippen LogP) is 2.66. The molecule has 0 amide bonds. The van der Waals surface area contributed by atoms with Gasteiger partial charge >= 0.3 is 0 Å². The Hall–Kier alpha value is -0.740. The van der Waals surface area contributed by atoms with Crippen molar-refractivity contribution >= 4 is 33.0 Å². The quantitative estimate of drug-likeness (QED) is 0.733. The van der Waals surface area contributed by atoms with Gasteiger partial charge < -0.3 is 0 Å². The highest BCUT2D eigenvalue weighted by Crippen LogP contribution is 2.24. The lowest BCUT2D eigenvalue weighted by Crippen LogP contribution is -1.95. The average molecular weight is 223 g/mol. The first-order valence-electron chi connectivity index (χ1n) is 4.31. The predicted molar refractivity (Wildman–Crippen MR) is 63.1 cm³/mol. The molecule has 0 radical (unpaired) electrons. The Morgan fingerprint density at radius 3 is 2.79 bits per heavy atom. The lowest BCUT2D eigenvalue weighted by Gasteiger charge is -1.98. The SMILES string of the molecule is O=C(SC1=NCCS1)c1ccccc1. The van der Waals surface area contributed by atoms with E-state index in [1.54, 1.807) is 11.8 Å². The molecule has 0 spiro atoms. The Morgan fingerprint density at radius 2 is 2.14 bits per heavy atom. The Bertz CT molecular complexity index is 362. The largest absolute Gasteiger partial charge is 0.281 e. The van der Waals surface area contributed by atoms with Crippen LogP contribution in [0.3, 0.4) is 0 Å². The molecule has 1 aliphatic rings. The molecule has 0 atom stereocenters. The van der Waals surface area contributed by atoms with Gasteiger partial charge in [0.2, 0.25) is 5.12 Å². The van der Waals surface area contributed by atoms with Crippen LogP contribution in [-0.2, 0) is 0 Å². The fraction of sp³-hybridized carbons (Fsp3) is 0.200. The number of carbonyl (C=O) groups is 1. The first-order chi connectivity index (χ1) is 6.86. The van der Waals surface area contributed by atoms with E-state index < -0.39 is 0 Å². The van der Waals surface area contributed by atoms with Crippen molar-refractivity contribution in [3.05, 3.63) is 35.9 Å². The molecule has 0 fully saturated rings. The number of hydrogen-bond acceptors (Lipinski definition) is 4. The van der Waals surface area contributed by atoms with Crippen molar-refractivity contribution in [2.24, 2.45) is 4.99 Å². The van der Waals surface area contributed by atoms with Gasteiger partial charge in [-0.15, -0.1) is 0 Å². The monoisotopic (exact) mass is 223 g/mol. The molecular formula is C10H9NOS2. The molecule has 1 aromatic carbocycles. The maximum atomic E-state index is 11.7. The lowest BCUT2D eigenvalue weighted by molar-refractivity contribution is 0.109. The van der Waals surface area contributed by atoms with Crippen LogP contribution in [0.2, 0.25) is 0 Å². The number of thioether (sulfide) groups is 2. The summed E-state index contributed by atoms with van der Waals surface area (Å²) < 4.78 is 0.902. The van der Waals surface area contributed by atoms with Gasteiger partial charge in [0.25, 0.3) is 0 Å². The highest BCUT2D eigenvalue weighted by molar-refractivity contribution is 8.45. The summed E-state index contributed by atoms with van der Waals surface area (Å²) in [6, 6.07) is 9.31. The van der Waals surface area contributed by atoms with E-state index in [0.29, 0.717) is 0 Å². The summed E-state index contributed by atoms with van der Waals surface area (Å²) in [5.74, 6) is 1.00. The maximum absolute atomic E-state index is 11.7. The van der Waals surface area contributed by atoms with Gasteiger partial charge in [-0.1, -0.05) is 42.1 Å². The molecule has 4 heteroatoms. The summed E-state index contributed by atoms with van der Waals surface area (Å²) in [4.78, 5) is 15.9. The minimum Gasteiger partial charge on any atom is -0.281 e. The van der Waals surface area contributed by atoms with Crippen LogP contribution >= 0.6 is 23.5 Å². The number of nitrogens with zero attached hydrogens (tertiary/aromatic N) is 1. The highest BCUT2D eigenvalue weighted by atomic mass is 32.2. The number of benzene rings is 1. The van der Waals surface area contributed by atoms with Crippen LogP contribution in [0, 0.1) is 0 Å². The van der Waals surface area contributed by atoms with Gasteiger partial charge in [-0.25, -0.2) is 0 Å². The van der Waals surface area contributed by atoms with E-state index in [4.69, 9.17) is 0 Å². The number of hydrogen-bond donors (Lipinski definition) is 0. The van der Waals surface area contributed by atoms with Crippen LogP contribution in [0.15, 0.2) is 35.3 Å². The first-order valence-corrected chi connectivity index (χ1v) is 6.11. The van der Waals surface area contributed by atoms with E-state index in [-0.39, 0.29) is 5.12 Å². The molecule has 14 heavy (non-hydrogen) atoms. The topological polar surface area (TPSA) is 29.4 Å². The third-order valence-corrected chi connectivity index (χ3v) is 3.84. The smallest absolute Gasteiger partial charge is 0.226 e. The van der Waals surface area contributed by atoms with Crippen LogP contribution < -0.4 is 0 Å². The fourth-order valence-corrected chi connectivity index (χ4v) is 2.91. The van der Waals surface area contributed by atoms with E-state index in [9.17, 15) is 4.79 Å². The molecule has 2 rings (SSSR count). The van der Waals surface area contributed by atoms with Crippen molar-refractivity contribution in [3.8, 4) is 0 Å². The highest BCUT2D eigenvalue weighted by Gasteiger charge is 2.14. The standard InChI is InChI=1S/C10H9NOS2/c12-9(8-4-2-1-3-5-8)14-10-11-6-7-13-10/h1-5H,6-7H2. The number of aliphatic imine (C=N–C) groups is 1. The number of rotatable bonds is 1. The second kappa shape index (κ2) is 4.66. The molecule has 0 aliphatic carbocycles. The zero-order chi connectivity index (χ0) is 9.80. The van der Waals surface area contributed by atoms with E-state index in [0.717, 1.165) is 22.2 Å². The Balaban J connectivity index is 2.03. The zero-order valence-electron chi connectivity index (χ0n) is 7.47. The summed E-state index contributed by atoms with van der Waals surface area (Å²) in [6.45, 7) is 0.842. The average Bonchev–Trinajstić information content (AvgIpc) is 2.72. The van der Waals surface area contributed by atoms with E-state index in [1.807, 2.05) is 30.3 Å². The summed E-state index contributed by atoms with van der Waals surface area (Å²) in [7, 11) is 0. The van der Waals surface area contributed by atoms with Gasteiger partial charge in [0.1, 0.15) is 4.38 Å². The van der Waals surface area contributed by atoms with Crippen LogP contribution in [0.25, 0.3) is 0 Å². The second-order valence-electron chi connectivity index (χ2n) is 2.75. The van der Waals surface area contributed by atoms with Crippen molar-refractivity contribution in [3.63, 3.8) is 0 Å². The van der Waals surface area contributed by atoms with Crippen LogP contribution in [-0.4, -0.2) is 21.8 Å². The molecule has 0 aromatic heterocycles. The molecule has 1 aliphatic heterocycles. The summed E-state index contributed by atoms with van der Waals surface area (Å²) in [6.07, 6.45) is 0. The molecule has 0 saturated heterocycles. The molecule has 1 aromatic rings. The van der Waals surface area contributed by atoms with E-state index >= 15 is 0 Å². The Morgan fingerprint density at radius 1 is 1.36 bits per heavy atom. The van der Waals surface area contributed by atoms with Gasteiger partial charge in [-0.3, -0.25) is 9.79 Å². The van der Waals surface area contributed by atoms with Crippen molar-refractivity contribution < 1.29 is 4.79 Å². The van der Waals surface area contributed by atoms with Gasteiger partial charge in [-0.05, 0) is 11.8 Å². The molecule has 2 nitrogen and oxygen atoms in total. The van der Waals surface area contributed by atoms with Gasteiger partial charge in [0, 0.05) is 11.3 Å². The summed E-state index contributed by atoms with van der Waals surface area (Å²) in [5.41, 5.74) is 0.743. The zero-order valence-corrected chi connectivity index (χ0v) is 9.11. The van der Waals surface area contributed by atoms with Gasteiger partial charge in [0.05, 0.1) is 6.54 Å². The molecule has 1 heterocycles. The Labute approximate surface area is 91.2 Å². The summed E-state index contributed by atoms with van der Waals surface area (Å²) in [5, 5.41) is 0.0822. The van der Waals surface area contributed by atoms with Crippen molar-refractivity contribution in [1.82, 2.24) is 0 Å². The van der Waals surface area contributed by atoms with Crippen LogP contribution in [0.5, 0.6) is 0 Å². The van der Waals surface area contributed by atoms with E-state index in [1.165, 1.54) is 11.8 Å². The van der Waals surface area contributed by atoms with E-state index in [2.05, 4.69) is 4.99 Å². The fourth-order valence-electron chi connectivity index (χ4n) is 1.09. The second-order valence-corrected chi connectivity index (χ2v) is 5.06. The molecule has 0 unspecified atom stereocenters. The molecule has 72 valence electrons. The Kier molecular flexibility index (Phi) is 3.26. The first kappa shape index (κ1) is 9.80. The molecule has 0 N–H and O–H groups in total. The maximum Gasteiger partial charge on any atom is 0.226 e.